The first-order valence-electron chi connectivity index (χ1n) is 3.96. The van der Waals surface area contributed by atoms with Gasteiger partial charge in [-0.05, 0) is 0 Å². The van der Waals surface area contributed by atoms with E-state index in [-0.39, 0.29) is 12.5 Å². The third-order valence-electron chi connectivity index (χ3n) is 2.30. The lowest BCUT2D eigenvalue weighted by molar-refractivity contribution is -0.203. The summed E-state index contributed by atoms with van der Waals surface area (Å²) < 4.78 is 5.05. The Labute approximate surface area is 70.8 Å². The van der Waals surface area contributed by atoms with Gasteiger partial charge in [0.05, 0.1) is 12.7 Å². The average Bonchev–Trinajstić information content (AvgIpc) is 2.08. The summed E-state index contributed by atoms with van der Waals surface area (Å²) in [5, 5.41) is 27.5. The summed E-state index contributed by atoms with van der Waals surface area (Å²) in [5.41, 5.74) is 5.49. The summed E-state index contributed by atoms with van der Waals surface area (Å²) in [6.07, 6.45) is -3.37. The molecule has 0 spiro atoms. The van der Waals surface area contributed by atoms with Crippen molar-refractivity contribution in [3.63, 3.8) is 0 Å². The molecule has 1 heterocycles. The standard InChI is InChI=1S/C7H15NO4/c1-3-5(10)6(11)4(2-9)12-7(3)8/h3-7,9-11H,2,8H2,1H3/t3-,4-,5-,6-,7+/m1/s1. The molecule has 12 heavy (non-hydrogen) atoms. The van der Waals surface area contributed by atoms with Crippen LogP contribution in [0.2, 0.25) is 0 Å². The maximum atomic E-state index is 9.40. The van der Waals surface area contributed by atoms with E-state index < -0.39 is 24.5 Å². The van der Waals surface area contributed by atoms with Gasteiger partial charge < -0.3 is 25.8 Å². The molecule has 5 nitrogen and oxygen atoms in total. The van der Waals surface area contributed by atoms with Crippen LogP contribution < -0.4 is 5.73 Å². The number of aliphatic hydroxyl groups is 3. The summed E-state index contributed by atoms with van der Waals surface area (Å²) >= 11 is 0. The maximum absolute atomic E-state index is 9.40. The number of ether oxygens (including phenoxy) is 1. The lowest BCUT2D eigenvalue weighted by Gasteiger charge is -2.39. The van der Waals surface area contributed by atoms with Crippen LogP contribution in [0, 0.1) is 5.92 Å². The fourth-order valence-corrected chi connectivity index (χ4v) is 1.28. The first-order chi connectivity index (χ1) is 5.57. The molecule has 0 unspecified atom stereocenters. The second-order valence-corrected chi connectivity index (χ2v) is 3.16. The van der Waals surface area contributed by atoms with E-state index in [1.165, 1.54) is 0 Å². The van der Waals surface area contributed by atoms with Crippen LogP contribution in [0.4, 0.5) is 0 Å². The highest BCUT2D eigenvalue weighted by atomic mass is 16.5. The summed E-state index contributed by atoms with van der Waals surface area (Å²) in [4.78, 5) is 0. The van der Waals surface area contributed by atoms with Gasteiger partial charge in [0, 0.05) is 5.92 Å². The number of hydrogen-bond donors (Lipinski definition) is 4. The van der Waals surface area contributed by atoms with Crippen molar-refractivity contribution < 1.29 is 20.1 Å². The van der Waals surface area contributed by atoms with Crippen molar-refractivity contribution in [3.05, 3.63) is 0 Å². The van der Waals surface area contributed by atoms with Crippen molar-refractivity contribution in [2.45, 2.75) is 31.5 Å². The van der Waals surface area contributed by atoms with Crippen molar-refractivity contribution in [3.8, 4) is 0 Å². The second-order valence-electron chi connectivity index (χ2n) is 3.16. The van der Waals surface area contributed by atoms with Crippen molar-refractivity contribution in [1.29, 1.82) is 0 Å². The van der Waals surface area contributed by atoms with Crippen LogP contribution in [-0.2, 0) is 4.74 Å². The molecule has 0 amide bonds. The molecule has 0 aliphatic carbocycles. The summed E-state index contributed by atoms with van der Waals surface area (Å²) in [6, 6.07) is 0. The van der Waals surface area contributed by atoms with Crippen LogP contribution in [0.15, 0.2) is 0 Å². The molecular weight excluding hydrogens is 162 g/mol. The van der Waals surface area contributed by atoms with Gasteiger partial charge in [-0.2, -0.15) is 0 Å². The van der Waals surface area contributed by atoms with Gasteiger partial charge in [-0.15, -0.1) is 0 Å². The molecule has 72 valence electrons. The Kier molecular flexibility index (Phi) is 3.03. The number of nitrogens with two attached hydrogens (primary N) is 1. The third-order valence-corrected chi connectivity index (χ3v) is 2.30. The van der Waals surface area contributed by atoms with Gasteiger partial charge in [-0.25, -0.2) is 0 Å². The quantitative estimate of drug-likeness (QED) is 0.372. The molecule has 5 N–H and O–H groups in total. The highest BCUT2D eigenvalue weighted by molar-refractivity contribution is 4.87. The second kappa shape index (κ2) is 3.68. The van der Waals surface area contributed by atoms with Crippen LogP contribution >= 0.6 is 0 Å². The summed E-state index contributed by atoms with van der Waals surface area (Å²) in [5.74, 6) is -0.317. The van der Waals surface area contributed by atoms with E-state index in [0.717, 1.165) is 0 Å². The molecule has 0 aromatic rings. The van der Waals surface area contributed by atoms with Crippen molar-refractivity contribution >= 4 is 0 Å². The van der Waals surface area contributed by atoms with Crippen molar-refractivity contribution in [2.75, 3.05) is 6.61 Å². The predicted octanol–water partition coefficient (Wildman–Crippen LogP) is -1.98. The lowest BCUT2D eigenvalue weighted by Crippen LogP contribution is -2.57. The zero-order chi connectivity index (χ0) is 9.30. The van der Waals surface area contributed by atoms with E-state index in [9.17, 15) is 10.2 Å². The highest BCUT2D eigenvalue weighted by Gasteiger charge is 2.40. The monoisotopic (exact) mass is 177 g/mol. The minimum absolute atomic E-state index is 0.317. The normalized spacial score (nSPS) is 49.2. The molecule has 1 fully saturated rings. The molecule has 5 heteroatoms. The van der Waals surface area contributed by atoms with Crippen molar-refractivity contribution in [2.24, 2.45) is 11.7 Å². The van der Waals surface area contributed by atoms with Gasteiger partial charge in [0.15, 0.2) is 0 Å². The summed E-state index contributed by atoms with van der Waals surface area (Å²) in [7, 11) is 0. The average molecular weight is 177 g/mol. The fourth-order valence-electron chi connectivity index (χ4n) is 1.28. The summed E-state index contributed by atoms with van der Waals surface area (Å²) in [6.45, 7) is 1.35. The first-order valence-corrected chi connectivity index (χ1v) is 3.96. The lowest BCUT2D eigenvalue weighted by atomic mass is 9.92. The molecular formula is C7H15NO4. The van der Waals surface area contributed by atoms with Crippen LogP contribution in [0.1, 0.15) is 6.92 Å². The molecule has 0 bridgehead atoms. The van der Waals surface area contributed by atoms with E-state index in [0.29, 0.717) is 0 Å². The van der Waals surface area contributed by atoms with E-state index in [2.05, 4.69) is 0 Å². The molecule has 1 saturated heterocycles. The Balaban J connectivity index is 2.63. The van der Waals surface area contributed by atoms with Gasteiger partial charge in [0.2, 0.25) is 0 Å². The van der Waals surface area contributed by atoms with E-state index in [4.69, 9.17) is 15.6 Å². The number of hydrogen-bond acceptors (Lipinski definition) is 5. The van der Waals surface area contributed by atoms with Crippen LogP contribution in [-0.4, -0.2) is 46.5 Å². The van der Waals surface area contributed by atoms with Crippen LogP contribution in [0.25, 0.3) is 0 Å². The molecule has 0 radical (unpaired) electrons. The molecule has 0 aromatic carbocycles. The Hall–Kier alpha value is -0.200. The zero-order valence-electron chi connectivity index (χ0n) is 6.92. The molecule has 0 aromatic heterocycles. The Morgan fingerprint density at radius 1 is 1.33 bits per heavy atom. The van der Waals surface area contributed by atoms with Gasteiger partial charge in [0.1, 0.15) is 18.4 Å². The molecule has 5 atom stereocenters. The van der Waals surface area contributed by atoms with Gasteiger partial charge in [-0.3, -0.25) is 0 Å². The maximum Gasteiger partial charge on any atom is 0.111 e. The minimum Gasteiger partial charge on any atom is -0.394 e. The Bertz CT molecular complexity index is 150. The Morgan fingerprint density at radius 3 is 2.42 bits per heavy atom. The predicted molar refractivity (Wildman–Crippen MR) is 41.1 cm³/mol. The number of aliphatic hydroxyl groups excluding tert-OH is 3. The van der Waals surface area contributed by atoms with Gasteiger partial charge in [-0.1, -0.05) is 6.92 Å². The van der Waals surface area contributed by atoms with Gasteiger partial charge >= 0.3 is 0 Å². The van der Waals surface area contributed by atoms with E-state index in [1.807, 2.05) is 0 Å². The molecule has 1 rings (SSSR count). The topological polar surface area (TPSA) is 95.9 Å². The van der Waals surface area contributed by atoms with E-state index >= 15 is 0 Å². The largest absolute Gasteiger partial charge is 0.394 e. The number of rotatable bonds is 1. The van der Waals surface area contributed by atoms with E-state index in [1.54, 1.807) is 6.92 Å². The fraction of sp³-hybridized carbons (Fsp3) is 1.00. The van der Waals surface area contributed by atoms with Crippen LogP contribution in [0.3, 0.4) is 0 Å². The Morgan fingerprint density at radius 2 is 1.92 bits per heavy atom. The zero-order valence-corrected chi connectivity index (χ0v) is 6.92. The highest BCUT2D eigenvalue weighted by Crippen LogP contribution is 2.22. The van der Waals surface area contributed by atoms with Crippen molar-refractivity contribution in [1.82, 2.24) is 0 Å². The minimum atomic E-state index is -1.05. The smallest absolute Gasteiger partial charge is 0.111 e. The molecule has 1 aliphatic rings. The first kappa shape index (κ1) is 9.88. The SMILES string of the molecule is C[C@@H]1[C@@H](O)[C@H](O)[C@@H](CO)O[C@@H]1N. The third kappa shape index (κ3) is 1.60. The van der Waals surface area contributed by atoms with Crippen LogP contribution in [0.5, 0.6) is 0 Å². The molecule has 1 aliphatic heterocycles. The molecule has 0 saturated carbocycles. The van der Waals surface area contributed by atoms with Gasteiger partial charge in [0.25, 0.3) is 0 Å².